The summed E-state index contributed by atoms with van der Waals surface area (Å²) >= 11 is 5.33. The highest BCUT2D eigenvalue weighted by Crippen LogP contribution is 2.07. The van der Waals surface area contributed by atoms with Crippen molar-refractivity contribution in [2.24, 2.45) is 0 Å². The van der Waals surface area contributed by atoms with Gasteiger partial charge in [-0.15, -0.1) is 11.6 Å². The van der Waals surface area contributed by atoms with E-state index in [1.807, 2.05) is 0 Å². The zero-order chi connectivity index (χ0) is 12.2. The molecule has 1 aromatic rings. The number of alkyl halides is 1. The van der Waals surface area contributed by atoms with Crippen molar-refractivity contribution >= 4 is 39.9 Å². The zero-order valence-corrected chi connectivity index (χ0v) is 9.87. The number of hydrogen-bond acceptors (Lipinski definition) is 4. The van der Waals surface area contributed by atoms with Crippen LogP contribution >= 0.6 is 11.6 Å². The van der Waals surface area contributed by atoms with Crippen molar-refractivity contribution < 1.29 is 18.5 Å². The van der Waals surface area contributed by atoms with Crippen LogP contribution in [0.4, 0.5) is 5.69 Å². The topological polar surface area (TPSA) is 86.6 Å². The smallest absolute Gasteiger partial charge is 0.423 e. The molecule has 88 valence electrons. The van der Waals surface area contributed by atoms with E-state index in [-0.39, 0.29) is 22.8 Å². The fourth-order valence-corrected chi connectivity index (χ4v) is 2.50. The van der Waals surface area contributed by atoms with E-state index >= 15 is 0 Å². The fraction of sp³-hybridized carbons (Fsp3) is 0.250. The van der Waals surface area contributed by atoms with Gasteiger partial charge in [0.15, 0.2) is 0 Å². The molecule has 0 unspecified atom stereocenters. The molecule has 1 aromatic carbocycles. The third-order valence-electron chi connectivity index (χ3n) is 1.80. The maximum Gasteiger partial charge on any atom is 0.488 e. The first-order valence-electron chi connectivity index (χ1n) is 4.47. The lowest BCUT2D eigenvalue weighted by Crippen LogP contribution is -2.30. The molecule has 0 saturated heterocycles. The van der Waals surface area contributed by atoms with Crippen molar-refractivity contribution in [3.63, 3.8) is 0 Å². The first kappa shape index (κ1) is 13.3. The predicted molar refractivity (Wildman–Crippen MR) is 64.4 cm³/mol. The van der Waals surface area contributed by atoms with Crippen LogP contribution in [-0.2, 0) is 10.0 Å². The molecule has 8 heteroatoms. The van der Waals surface area contributed by atoms with Crippen molar-refractivity contribution in [3.05, 3.63) is 24.3 Å². The Morgan fingerprint density at radius 1 is 1.38 bits per heavy atom. The molecule has 0 aliphatic carbocycles. The molecular formula is C8H11BClNO4S. The molecule has 0 amide bonds. The molecule has 0 radical (unpaired) electrons. The van der Waals surface area contributed by atoms with Gasteiger partial charge in [-0.25, -0.2) is 8.42 Å². The highest BCUT2D eigenvalue weighted by atomic mass is 35.5. The standard InChI is InChI=1S/C8H11BClNO4S/c10-4-5-16(14,15)11-8-3-1-2-7(6-8)9(12)13/h1-3,6,11-13H,4-5H2. The van der Waals surface area contributed by atoms with Crippen LogP contribution < -0.4 is 10.2 Å². The van der Waals surface area contributed by atoms with E-state index in [9.17, 15) is 8.42 Å². The molecule has 0 bridgehead atoms. The molecule has 3 N–H and O–H groups in total. The molecule has 0 atom stereocenters. The summed E-state index contributed by atoms with van der Waals surface area (Å²) in [6, 6.07) is 5.85. The van der Waals surface area contributed by atoms with Gasteiger partial charge in [0.1, 0.15) is 0 Å². The van der Waals surface area contributed by atoms with Crippen molar-refractivity contribution in [3.8, 4) is 0 Å². The molecule has 0 aliphatic rings. The molecule has 5 nitrogen and oxygen atoms in total. The Labute approximate surface area is 99.3 Å². The second-order valence-corrected chi connectivity index (χ2v) is 5.33. The molecule has 16 heavy (non-hydrogen) atoms. The monoisotopic (exact) mass is 263 g/mol. The molecule has 0 aromatic heterocycles. The van der Waals surface area contributed by atoms with E-state index < -0.39 is 17.1 Å². The van der Waals surface area contributed by atoms with Crippen LogP contribution in [0, 0.1) is 0 Å². The zero-order valence-electron chi connectivity index (χ0n) is 8.30. The number of rotatable bonds is 5. The Hall–Kier alpha value is -0.755. The lowest BCUT2D eigenvalue weighted by Gasteiger charge is -2.07. The van der Waals surface area contributed by atoms with Gasteiger partial charge in [0.2, 0.25) is 10.0 Å². The van der Waals surface area contributed by atoms with Crippen molar-refractivity contribution in [1.82, 2.24) is 0 Å². The minimum atomic E-state index is -3.47. The quantitative estimate of drug-likeness (QED) is 0.486. The largest absolute Gasteiger partial charge is 0.488 e. The van der Waals surface area contributed by atoms with E-state index in [2.05, 4.69) is 4.72 Å². The van der Waals surface area contributed by atoms with Crippen molar-refractivity contribution in [2.75, 3.05) is 16.4 Å². The number of sulfonamides is 1. The van der Waals surface area contributed by atoms with Gasteiger partial charge in [0.05, 0.1) is 5.75 Å². The van der Waals surface area contributed by atoms with Crippen LogP contribution in [0.1, 0.15) is 0 Å². The summed E-state index contributed by atoms with van der Waals surface area (Å²) in [6.45, 7) is 0. The highest BCUT2D eigenvalue weighted by Gasteiger charge is 2.13. The van der Waals surface area contributed by atoms with E-state index in [0.717, 1.165) is 0 Å². The molecule has 0 heterocycles. The summed E-state index contributed by atoms with van der Waals surface area (Å²) in [5.41, 5.74) is 0.488. The first-order chi connectivity index (χ1) is 7.44. The lowest BCUT2D eigenvalue weighted by atomic mass is 9.80. The molecule has 0 fully saturated rings. The van der Waals surface area contributed by atoms with Crippen LogP contribution in [0.2, 0.25) is 0 Å². The van der Waals surface area contributed by atoms with E-state index in [4.69, 9.17) is 21.6 Å². The van der Waals surface area contributed by atoms with E-state index in [1.54, 1.807) is 0 Å². The Balaban J connectivity index is 2.86. The predicted octanol–water partition coefficient (Wildman–Crippen LogP) is -0.653. The van der Waals surface area contributed by atoms with Crippen LogP contribution in [-0.4, -0.2) is 37.2 Å². The average Bonchev–Trinajstić information content (AvgIpc) is 2.17. The Kier molecular flexibility index (Phi) is 4.61. The SMILES string of the molecule is O=S(=O)(CCCl)Nc1cccc(B(O)O)c1. The van der Waals surface area contributed by atoms with Gasteiger partial charge in [0.25, 0.3) is 0 Å². The Bertz CT molecular complexity index is 451. The average molecular weight is 264 g/mol. The minimum absolute atomic E-state index is 0.00233. The highest BCUT2D eigenvalue weighted by molar-refractivity contribution is 7.92. The third-order valence-corrected chi connectivity index (χ3v) is 3.51. The minimum Gasteiger partial charge on any atom is -0.423 e. The molecule has 0 saturated carbocycles. The van der Waals surface area contributed by atoms with Gasteiger partial charge < -0.3 is 10.0 Å². The van der Waals surface area contributed by atoms with Gasteiger partial charge in [-0.1, -0.05) is 12.1 Å². The summed E-state index contributed by atoms with van der Waals surface area (Å²) < 4.78 is 25.0. The molecule has 0 aliphatic heterocycles. The lowest BCUT2D eigenvalue weighted by molar-refractivity contribution is 0.426. The number of anilines is 1. The number of hydrogen-bond donors (Lipinski definition) is 3. The van der Waals surface area contributed by atoms with Crippen LogP contribution in [0.5, 0.6) is 0 Å². The number of benzene rings is 1. The summed E-state index contributed by atoms with van der Waals surface area (Å²) in [5, 5.41) is 17.8. The maximum atomic E-state index is 11.4. The maximum absolute atomic E-state index is 11.4. The van der Waals surface area contributed by atoms with Gasteiger partial charge in [-0.05, 0) is 17.6 Å². The van der Waals surface area contributed by atoms with Gasteiger partial charge in [-0.3, -0.25) is 4.72 Å². The molecule has 0 spiro atoms. The van der Waals surface area contributed by atoms with Crippen LogP contribution in [0.25, 0.3) is 0 Å². The first-order valence-corrected chi connectivity index (χ1v) is 6.66. The van der Waals surface area contributed by atoms with E-state index in [1.165, 1.54) is 24.3 Å². The molecule has 1 rings (SSSR count). The second kappa shape index (κ2) is 5.54. The fourth-order valence-electron chi connectivity index (χ4n) is 1.09. The summed E-state index contributed by atoms with van der Waals surface area (Å²) in [7, 11) is -5.10. The Morgan fingerprint density at radius 3 is 2.62 bits per heavy atom. The summed E-state index contributed by atoms with van der Waals surface area (Å²) in [5.74, 6) is -0.196. The second-order valence-electron chi connectivity index (χ2n) is 3.11. The Morgan fingerprint density at radius 2 is 2.06 bits per heavy atom. The normalized spacial score (nSPS) is 11.2. The van der Waals surface area contributed by atoms with Crippen molar-refractivity contribution in [2.45, 2.75) is 0 Å². The van der Waals surface area contributed by atoms with Crippen molar-refractivity contribution in [1.29, 1.82) is 0 Å². The van der Waals surface area contributed by atoms with Gasteiger partial charge in [0, 0.05) is 11.6 Å². The number of nitrogens with one attached hydrogen (secondary N) is 1. The summed E-state index contributed by atoms with van der Waals surface area (Å²) in [6.07, 6.45) is 0. The van der Waals surface area contributed by atoms with E-state index in [0.29, 0.717) is 0 Å². The molecular weight excluding hydrogens is 252 g/mol. The summed E-state index contributed by atoms with van der Waals surface area (Å²) in [4.78, 5) is 0. The van der Waals surface area contributed by atoms with Crippen LogP contribution in [0.3, 0.4) is 0 Å². The third kappa shape index (κ3) is 4.01. The van der Waals surface area contributed by atoms with Gasteiger partial charge >= 0.3 is 7.12 Å². The van der Waals surface area contributed by atoms with Gasteiger partial charge in [-0.2, -0.15) is 0 Å². The van der Waals surface area contributed by atoms with Crippen LogP contribution in [0.15, 0.2) is 24.3 Å². The number of halogens is 1.